The average molecular weight is 475 g/mol. The molecule has 0 atom stereocenters. The second kappa shape index (κ2) is 10.2. The van der Waals surface area contributed by atoms with Gasteiger partial charge < -0.3 is 16.0 Å². The number of amides is 3. The molecule has 0 fully saturated rings. The normalized spacial score (nSPS) is 11.3. The molecule has 0 spiro atoms. The van der Waals surface area contributed by atoms with Crippen LogP contribution in [0, 0.1) is 6.92 Å². The van der Waals surface area contributed by atoms with Gasteiger partial charge in [0.05, 0.1) is 16.3 Å². The largest absolute Gasteiger partial charge is 0.416 e. The van der Waals surface area contributed by atoms with E-state index in [0.717, 1.165) is 29.3 Å². The summed E-state index contributed by atoms with van der Waals surface area (Å²) in [6, 6.07) is 10.2. The number of carbonyl (C=O) groups is 2. The van der Waals surface area contributed by atoms with E-state index in [0.29, 0.717) is 11.4 Å². The maximum absolute atomic E-state index is 12.9. The Morgan fingerprint density at radius 2 is 1.79 bits per heavy atom. The molecule has 0 aliphatic carbocycles. The molecule has 10 heteroatoms. The number of benzene rings is 2. The number of halogens is 4. The first-order valence-corrected chi connectivity index (χ1v) is 9.94. The van der Waals surface area contributed by atoms with Gasteiger partial charge in [-0.2, -0.15) is 13.2 Å². The molecule has 170 valence electrons. The van der Waals surface area contributed by atoms with Crippen molar-refractivity contribution in [2.24, 2.45) is 0 Å². The third kappa shape index (κ3) is 6.81. The monoisotopic (exact) mass is 474 g/mol. The molecule has 2 aromatic carbocycles. The van der Waals surface area contributed by atoms with E-state index in [1.165, 1.54) is 12.1 Å². The summed E-state index contributed by atoms with van der Waals surface area (Å²) in [6.45, 7) is 1.77. The maximum Gasteiger partial charge on any atom is 0.416 e. The summed E-state index contributed by atoms with van der Waals surface area (Å²) in [5.74, 6) is -0.390. The second-order valence-electron chi connectivity index (χ2n) is 6.91. The Morgan fingerprint density at radius 1 is 1.00 bits per heavy atom. The Balaban J connectivity index is 1.67. The molecule has 0 aliphatic heterocycles. The highest BCUT2D eigenvalue weighted by Gasteiger charge is 2.31. The highest BCUT2D eigenvalue weighted by molar-refractivity contribution is 6.33. The van der Waals surface area contributed by atoms with Crippen molar-refractivity contribution >= 4 is 46.7 Å². The molecular weight excluding hydrogens is 457 g/mol. The molecule has 1 heterocycles. The summed E-state index contributed by atoms with van der Waals surface area (Å²) in [5.41, 5.74) is 1.13. The first-order valence-electron chi connectivity index (χ1n) is 9.56. The molecule has 0 unspecified atom stereocenters. The zero-order chi connectivity index (χ0) is 24.0. The van der Waals surface area contributed by atoms with E-state index in [-0.39, 0.29) is 16.6 Å². The number of nitrogens with one attached hydrogen (secondary N) is 3. The topological polar surface area (TPSA) is 83.1 Å². The van der Waals surface area contributed by atoms with Gasteiger partial charge in [0, 0.05) is 29.8 Å². The predicted octanol–water partition coefficient (Wildman–Crippen LogP) is 6.36. The lowest BCUT2D eigenvalue weighted by Gasteiger charge is -2.13. The van der Waals surface area contributed by atoms with E-state index in [4.69, 9.17) is 11.6 Å². The lowest BCUT2D eigenvalue weighted by atomic mass is 10.1. The third-order valence-corrected chi connectivity index (χ3v) is 4.74. The van der Waals surface area contributed by atoms with E-state index < -0.39 is 17.8 Å². The van der Waals surface area contributed by atoms with Crippen molar-refractivity contribution in [3.63, 3.8) is 0 Å². The number of nitrogens with zero attached hydrogens (tertiary/aromatic N) is 1. The summed E-state index contributed by atoms with van der Waals surface area (Å²) in [4.78, 5) is 28.5. The maximum atomic E-state index is 12.9. The van der Waals surface area contributed by atoms with E-state index >= 15 is 0 Å². The zero-order valence-electron chi connectivity index (χ0n) is 17.2. The molecule has 0 saturated heterocycles. The molecular formula is C23H18ClF3N4O2. The van der Waals surface area contributed by atoms with Crippen molar-refractivity contribution in [1.82, 2.24) is 4.98 Å². The van der Waals surface area contributed by atoms with Crippen molar-refractivity contribution in [1.29, 1.82) is 0 Å². The van der Waals surface area contributed by atoms with E-state index in [2.05, 4.69) is 20.9 Å². The quantitative estimate of drug-likeness (QED) is 0.376. The van der Waals surface area contributed by atoms with E-state index in [9.17, 15) is 22.8 Å². The summed E-state index contributed by atoms with van der Waals surface area (Å²) in [5, 5.41) is 7.47. The van der Waals surface area contributed by atoms with Crippen LogP contribution in [0.25, 0.3) is 6.08 Å². The Kier molecular flexibility index (Phi) is 7.34. The summed E-state index contributed by atoms with van der Waals surface area (Å²) >= 11 is 5.90. The van der Waals surface area contributed by atoms with Gasteiger partial charge in [0.15, 0.2) is 0 Å². The van der Waals surface area contributed by atoms with Crippen molar-refractivity contribution in [2.75, 3.05) is 16.0 Å². The smallest absolute Gasteiger partial charge is 0.322 e. The summed E-state index contributed by atoms with van der Waals surface area (Å²) in [6.07, 6.45) is 1.60. The van der Waals surface area contributed by atoms with Crippen LogP contribution in [-0.2, 0) is 11.0 Å². The van der Waals surface area contributed by atoms with Gasteiger partial charge in [-0.3, -0.25) is 9.78 Å². The predicted molar refractivity (Wildman–Crippen MR) is 122 cm³/mol. The van der Waals surface area contributed by atoms with Gasteiger partial charge >= 0.3 is 12.2 Å². The van der Waals surface area contributed by atoms with E-state index in [1.807, 2.05) is 0 Å². The molecule has 1 aromatic heterocycles. The number of carbonyl (C=O) groups excluding carboxylic acids is 2. The van der Waals surface area contributed by atoms with Gasteiger partial charge in [-0.15, -0.1) is 0 Å². The number of pyridine rings is 1. The van der Waals surface area contributed by atoms with Gasteiger partial charge in [-0.25, -0.2) is 4.79 Å². The van der Waals surface area contributed by atoms with Gasteiger partial charge in [0.25, 0.3) is 0 Å². The number of aromatic nitrogens is 1. The van der Waals surface area contributed by atoms with Crippen LogP contribution in [0.5, 0.6) is 0 Å². The Labute approximate surface area is 192 Å². The Hall–Kier alpha value is -3.85. The van der Waals surface area contributed by atoms with Gasteiger partial charge in [-0.1, -0.05) is 23.7 Å². The molecule has 0 aliphatic rings. The Morgan fingerprint density at radius 3 is 2.48 bits per heavy atom. The lowest BCUT2D eigenvalue weighted by molar-refractivity contribution is -0.137. The van der Waals surface area contributed by atoms with Crippen molar-refractivity contribution in [2.45, 2.75) is 13.1 Å². The van der Waals surface area contributed by atoms with Crippen molar-refractivity contribution in [3.8, 4) is 0 Å². The lowest BCUT2D eigenvalue weighted by Crippen LogP contribution is -2.20. The molecule has 3 rings (SSSR count). The number of aryl methyl sites for hydroxylation is 1. The fraction of sp³-hybridized carbons (Fsp3) is 0.0870. The van der Waals surface area contributed by atoms with Crippen LogP contribution in [0.3, 0.4) is 0 Å². The van der Waals surface area contributed by atoms with Crippen LogP contribution in [0.4, 0.5) is 35.0 Å². The fourth-order valence-corrected chi connectivity index (χ4v) is 2.90. The standard InChI is InChI=1S/C23H18ClF3N4O2/c1-14-4-7-17(12-19(14)30-21(32)9-5-15-3-2-10-28-13-15)29-22(33)31-20-11-16(23(25,26)27)6-8-18(20)24/h2-13H,1H3,(H,30,32)(H2,29,31,33)/b9-5-. The van der Waals surface area contributed by atoms with Crippen molar-refractivity contribution < 1.29 is 22.8 Å². The van der Waals surface area contributed by atoms with Crippen LogP contribution in [0.1, 0.15) is 16.7 Å². The molecule has 0 radical (unpaired) electrons. The number of anilines is 3. The number of rotatable bonds is 5. The molecule has 3 amide bonds. The zero-order valence-corrected chi connectivity index (χ0v) is 18.0. The van der Waals surface area contributed by atoms with E-state index in [1.54, 1.807) is 49.7 Å². The molecule has 3 aromatic rings. The Bertz CT molecular complexity index is 1200. The first-order chi connectivity index (χ1) is 15.6. The molecule has 3 N–H and O–H groups in total. The average Bonchev–Trinajstić information content (AvgIpc) is 2.76. The van der Waals surface area contributed by atoms with Gasteiger partial charge in [-0.05, 0) is 60.5 Å². The number of hydrogen-bond donors (Lipinski definition) is 3. The minimum absolute atomic E-state index is 0.0459. The second-order valence-corrected chi connectivity index (χ2v) is 7.32. The minimum atomic E-state index is -4.58. The van der Waals surface area contributed by atoms with Crippen LogP contribution in [-0.4, -0.2) is 16.9 Å². The fourth-order valence-electron chi connectivity index (χ4n) is 2.74. The van der Waals surface area contributed by atoms with Crippen LogP contribution in [0.2, 0.25) is 5.02 Å². The highest BCUT2D eigenvalue weighted by atomic mass is 35.5. The minimum Gasteiger partial charge on any atom is -0.322 e. The number of alkyl halides is 3. The van der Waals surface area contributed by atoms with Gasteiger partial charge in [0.2, 0.25) is 5.91 Å². The van der Waals surface area contributed by atoms with Crippen LogP contribution in [0.15, 0.2) is 67.0 Å². The number of hydrogen-bond acceptors (Lipinski definition) is 3. The third-order valence-electron chi connectivity index (χ3n) is 4.41. The number of urea groups is 1. The first kappa shape index (κ1) is 23.8. The summed E-state index contributed by atoms with van der Waals surface area (Å²) < 4.78 is 38.7. The van der Waals surface area contributed by atoms with Crippen molar-refractivity contribution in [3.05, 3.63) is 88.7 Å². The van der Waals surface area contributed by atoms with Crippen LogP contribution < -0.4 is 16.0 Å². The summed E-state index contributed by atoms with van der Waals surface area (Å²) in [7, 11) is 0. The van der Waals surface area contributed by atoms with Crippen LogP contribution >= 0.6 is 11.6 Å². The molecule has 33 heavy (non-hydrogen) atoms. The highest BCUT2D eigenvalue weighted by Crippen LogP contribution is 2.34. The molecule has 0 saturated carbocycles. The SMILES string of the molecule is Cc1ccc(NC(=O)Nc2cc(C(F)(F)F)ccc2Cl)cc1NC(=O)/C=C\c1cccnc1. The van der Waals surface area contributed by atoms with Gasteiger partial charge in [0.1, 0.15) is 0 Å². The molecule has 6 nitrogen and oxygen atoms in total. The molecule has 0 bridgehead atoms.